The van der Waals surface area contributed by atoms with Gasteiger partial charge < -0.3 is 5.11 Å². The van der Waals surface area contributed by atoms with Crippen LogP contribution in [0.2, 0.25) is 5.02 Å². The molecule has 0 bridgehead atoms. The highest BCUT2D eigenvalue weighted by molar-refractivity contribution is 6.31. The minimum absolute atomic E-state index is 0.162. The van der Waals surface area contributed by atoms with E-state index >= 15 is 0 Å². The second-order valence-corrected chi connectivity index (χ2v) is 4.14. The maximum absolute atomic E-state index is 11.2. The fourth-order valence-corrected chi connectivity index (χ4v) is 1.90. The van der Waals surface area contributed by atoms with Crippen LogP contribution in [0.3, 0.4) is 0 Å². The van der Waals surface area contributed by atoms with Crippen molar-refractivity contribution < 1.29 is 9.90 Å². The number of carboxylic acids is 1. The third kappa shape index (κ3) is 1.91. The molecule has 0 aliphatic heterocycles. The van der Waals surface area contributed by atoms with Crippen molar-refractivity contribution in [3.8, 4) is 5.69 Å². The molecule has 4 nitrogen and oxygen atoms in total. The van der Waals surface area contributed by atoms with Crippen LogP contribution in [0.15, 0.2) is 24.5 Å². The number of carboxylic acid groups (broad SMARTS) is 1. The van der Waals surface area contributed by atoms with E-state index < -0.39 is 5.97 Å². The summed E-state index contributed by atoms with van der Waals surface area (Å²) in [6.45, 7) is 3.51. The Balaban J connectivity index is 2.69. The van der Waals surface area contributed by atoms with Crippen LogP contribution in [-0.4, -0.2) is 20.6 Å². The summed E-state index contributed by atoms with van der Waals surface area (Å²) in [6.07, 6.45) is 1.50. The molecule has 5 heteroatoms. The fraction of sp³-hybridized carbons (Fsp3) is 0.167. The Morgan fingerprint density at radius 1 is 1.41 bits per heavy atom. The third-order valence-corrected chi connectivity index (χ3v) is 3.06. The lowest BCUT2D eigenvalue weighted by atomic mass is 10.2. The third-order valence-electron chi connectivity index (χ3n) is 2.65. The normalized spacial score (nSPS) is 10.5. The largest absolute Gasteiger partial charge is 0.477 e. The predicted octanol–water partition coefficient (Wildman–Crippen LogP) is 2.84. The maximum atomic E-state index is 11.2. The summed E-state index contributed by atoms with van der Waals surface area (Å²) in [5.74, 6) is -1.00. The first kappa shape index (κ1) is 11.7. The first-order valence-electron chi connectivity index (χ1n) is 5.05. The van der Waals surface area contributed by atoms with Crippen molar-refractivity contribution in [3.63, 3.8) is 0 Å². The number of halogens is 1. The number of aryl methyl sites for hydroxylation is 1. The number of rotatable bonds is 2. The van der Waals surface area contributed by atoms with E-state index in [-0.39, 0.29) is 5.69 Å². The van der Waals surface area contributed by atoms with Gasteiger partial charge in [-0.15, -0.1) is 0 Å². The van der Waals surface area contributed by atoms with Crippen LogP contribution in [0.25, 0.3) is 5.69 Å². The summed E-state index contributed by atoms with van der Waals surface area (Å²) in [4.78, 5) is 15.2. The molecular formula is C12H11ClN2O2. The van der Waals surface area contributed by atoms with E-state index in [9.17, 15) is 4.79 Å². The molecule has 17 heavy (non-hydrogen) atoms. The summed E-state index contributed by atoms with van der Waals surface area (Å²) in [5, 5.41) is 9.77. The van der Waals surface area contributed by atoms with E-state index in [1.54, 1.807) is 23.6 Å². The van der Waals surface area contributed by atoms with Gasteiger partial charge in [-0.1, -0.05) is 17.7 Å². The zero-order valence-corrected chi connectivity index (χ0v) is 10.2. The minimum Gasteiger partial charge on any atom is -0.477 e. The molecule has 0 amide bonds. The van der Waals surface area contributed by atoms with Crippen LogP contribution >= 0.6 is 11.6 Å². The molecule has 88 valence electrons. The molecule has 1 N–H and O–H groups in total. The highest BCUT2D eigenvalue weighted by Gasteiger charge is 2.17. The maximum Gasteiger partial charge on any atom is 0.354 e. The Kier molecular flexibility index (Phi) is 2.90. The fourth-order valence-electron chi connectivity index (χ4n) is 1.74. The van der Waals surface area contributed by atoms with Gasteiger partial charge in [0.25, 0.3) is 0 Å². The van der Waals surface area contributed by atoms with Gasteiger partial charge in [-0.3, -0.25) is 4.57 Å². The molecule has 0 atom stereocenters. The quantitative estimate of drug-likeness (QED) is 0.892. The molecule has 1 aromatic carbocycles. The number of carbonyl (C=O) groups is 1. The van der Waals surface area contributed by atoms with E-state index in [1.165, 1.54) is 6.33 Å². The Hall–Kier alpha value is -1.81. The Labute approximate surface area is 103 Å². The number of imidazole rings is 1. The second-order valence-electron chi connectivity index (χ2n) is 3.74. The van der Waals surface area contributed by atoms with E-state index in [0.717, 1.165) is 11.3 Å². The first-order chi connectivity index (χ1) is 8.02. The van der Waals surface area contributed by atoms with Crippen molar-refractivity contribution in [2.45, 2.75) is 13.8 Å². The number of hydrogen-bond donors (Lipinski definition) is 1. The van der Waals surface area contributed by atoms with Crippen LogP contribution in [0, 0.1) is 13.8 Å². The van der Waals surface area contributed by atoms with Crippen molar-refractivity contribution >= 4 is 17.6 Å². The van der Waals surface area contributed by atoms with E-state index in [4.69, 9.17) is 16.7 Å². The average molecular weight is 251 g/mol. The van der Waals surface area contributed by atoms with Crippen molar-refractivity contribution in [1.29, 1.82) is 0 Å². The molecule has 2 aromatic rings. The van der Waals surface area contributed by atoms with E-state index in [2.05, 4.69) is 4.98 Å². The zero-order valence-electron chi connectivity index (χ0n) is 9.44. The molecule has 2 rings (SSSR count). The number of nitrogens with zero attached hydrogens (tertiary/aromatic N) is 2. The molecule has 0 saturated heterocycles. The lowest BCUT2D eigenvalue weighted by molar-refractivity contribution is 0.0687. The highest BCUT2D eigenvalue weighted by atomic mass is 35.5. The molecule has 0 fully saturated rings. The van der Waals surface area contributed by atoms with Gasteiger partial charge in [0.1, 0.15) is 6.33 Å². The van der Waals surface area contributed by atoms with E-state index in [0.29, 0.717) is 10.7 Å². The van der Waals surface area contributed by atoms with Gasteiger partial charge in [0.15, 0.2) is 5.69 Å². The van der Waals surface area contributed by atoms with Gasteiger partial charge in [0.05, 0.1) is 11.4 Å². The molecule has 1 heterocycles. The molecule has 0 aliphatic rings. The number of aromatic carboxylic acids is 1. The highest BCUT2D eigenvalue weighted by Crippen LogP contribution is 2.24. The van der Waals surface area contributed by atoms with Crippen LogP contribution in [0.5, 0.6) is 0 Å². The molecule has 1 aromatic heterocycles. The van der Waals surface area contributed by atoms with Gasteiger partial charge in [-0.2, -0.15) is 0 Å². The lowest BCUT2D eigenvalue weighted by Gasteiger charge is -2.10. The Bertz CT molecular complexity index is 590. The van der Waals surface area contributed by atoms with Crippen LogP contribution < -0.4 is 0 Å². The Morgan fingerprint density at radius 3 is 2.76 bits per heavy atom. The monoisotopic (exact) mass is 250 g/mol. The van der Waals surface area contributed by atoms with Gasteiger partial charge in [-0.05, 0) is 31.5 Å². The summed E-state index contributed by atoms with van der Waals surface area (Å²) in [7, 11) is 0. The summed E-state index contributed by atoms with van der Waals surface area (Å²) in [6, 6.07) is 5.37. The SMILES string of the molecule is Cc1ncn(-c2cccc(Cl)c2C)c1C(=O)O. The molecule has 0 saturated carbocycles. The van der Waals surface area contributed by atoms with Crippen molar-refractivity contribution in [1.82, 2.24) is 9.55 Å². The molecule has 0 aliphatic carbocycles. The molecular weight excluding hydrogens is 240 g/mol. The standard InChI is InChI=1S/C12H11ClN2O2/c1-7-9(13)4-3-5-10(7)15-6-14-8(2)11(15)12(16)17/h3-6H,1-2H3,(H,16,17). The average Bonchev–Trinajstić information content (AvgIpc) is 2.64. The number of hydrogen-bond acceptors (Lipinski definition) is 2. The van der Waals surface area contributed by atoms with Gasteiger partial charge >= 0.3 is 5.97 Å². The van der Waals surface area contributed by atoms with Gasteiger partial charge in [0, 0.05) is 5.02 Å². The second kappa shape index (κ2) is 4.22. The molecule has 0 unspecified atom stereocenters. The minimum atomic E-state index is -1.00. The topological polar surface area (TPSA) is 55.1 Å². The Morgan fingerprint density at radius 2 is 2.12 bits per heavy atom. The number of benzene rings is 1. The smallest absolute Gasteiger partial charge is 0.354 e. The van der Waals surface area contributed by atoms with Gasteiger partial charge in [0.2, 0.25) is 0 Å². The lowest BCUT2D eigenvalue weighted by Crippen LogP contribution is -2.08. The summed E-state index contributed by atoms with van der Waals surface area (Å²) >= 11 is 6.02. The van der Waals surface area contributed by atoms with Crippen LogP contribution in [-0.2, 0) is 0 Å². The van der Waals surface area contributed by atoms with Crippen molar-refractivity contribution in [3.05, 3.63) is 46.5 Å². The molecule has 0 radical (unpaired) electrons. The van der Waals surface area contributed by atoms with Gasteiger partial charge in [-0.25, -0.2) is 9.78 Å². The van der Waals surface area contributed by atoms with Crippen molar-refractivity contribution in [2.75, 3.05) is 0 Å². The van der Waals surface area contributed by atoms with Crippen LogP contribution in [0.1, 0.15) is 21.7 Å². The van der Waals surface area contributed by atoms with Crippen LogP contribution in [0.4, 0.5) is 0 Å². The number of aromatic nitrogens is 2. The van der Waals surface area contributed by atoms with E-state index in [1.807, 2.05) is 13.0 Å². The first-order valence-corrected chi connectivity index (χ1v) is 5.43. The van der Waals surface area contributed by atoms with Crippen molar-refractivity contribution in [2.24, 2.45) is 0 Å². The molecule has 0 spiro atoms. The summed E-state index contributed by atoms with van der Waals surface area (Å²) < 4.78 is 1.54. The predicted molar refractivity (Wildman–Crippen MR) is 65.0 cm³/mol. The zero-order chi connectivity index (χ0) is 12.6. The summed E-state index contributed by atoms with van der Waals surface area (Å²) in [5.41, 5.74) is 2.21.